The van der Waals surface area contributed by atoms with Crippen LogP contribution in [-0.2, 0) is 0 Å². The lowest BCUT2D eigenvalue weighted by molar-refractivity contribution is 1.11. The molecule has 0 fully saturated rings. The van der Waals surface area contributed by atoms with Gasteiger partial charge in [0.1, 0.15) is 5.82 Å². The van der Waals surface area contributed by atoms with Gasteiger partial charge in [-0.05, 0) is 54.8 Å². The van der Waals surface area contributed by atoms with Gasteiger partial charge in [0.15, 0.2) is 8.07 Å². The largest absolute Gasteiger partial charge is 0.292 e. The van der Waals surface area contributed by atoms with Crippen molar-refractivity contribution in [1.29, 1.82) is 0 Å². The smallest absolute Gasteiger partial charge is 0.179 e. The van der Waals surface area contributed by atoms with E-state index in [0.717, 1.165) is 28.1 Å². The average Bonchev–Trinajstić information content (AvgIpc) is 3.67. The van der Waals surface area contributed by atoms with E-state index in [4.69, 9.17) is 4.98 Å². The van der Waals surface area contributed by atoms with Crippen molar-refractivity contribution in [3.63, 3.8) is 0 Å². The molecular weight excluding hydrogens is 669 g/mol. The summed E-state index contributed by atoms with van der Waals surface area (Å²) in [4.78, 5) is 5.43. The maximum atomic E-state index is 5.43. The zero-order chi connectivity index (χ0) is 35.9. The van der Waals surface area contributed by atoms with Crippen LogP contribution >= 0.6 is 0 Å². The Morgan fingerprint density at radius 3 is 1.20 bits per heavy atom. The van der Waals surface area contributed by atoms with Crippen molar-refractivity contribution in [2.24, 2.45) is 0 Å². The Balaban J connectivity index is 1.10. The summed E-state index contributed by atoms with van der Waals surface area (Å²) in [5, 5.41) is 10.3. The first-order valence-electron chi connectivity index (χ1n) is 18.6. The van der Waals surface area contributed by atoms with Crippen LogP contribution in [0, 0.1) is 0 Å². The van der Waals surface area contributed by atoms with Gasteiger partial charge in [-0.15, -0.1) is 0 Å². The number of para-hydroxylation sites is 1. The van der Waals surface area contributed by atoms with Gasteiger partial charge in [0, 0.05) is 22.0 Å². The topological polar surface area (TPSA) is 17.8 Å². The molecule has 10 rings (SSSR count). The number of nitrogens with zero attached hydrogens (tertiary/aromatic N) is 2. The molecular formula is C51H36N2Si. The fourth-order valence-electron chi connectivity index (χ4n) is 8.52. The van der Waals surface area contributed by atoms with Crippen LogP contribution in [-0.4, -0.2) is 17.6 Å². The monoisotopic (exact) mass is 704 g/mol. The van der Waals surface area contributed by atoms with E-state index >= 15 is 0 Å². The molecule has 1 aromatic heterocycles. The van der Waals surface area contributed by atoms with E-state index in [1.807, 2.05) is 0 Å². The quantitative estimate of drug-likeness (QED) is 0.0918. The molecule has 9 aromatic carbocycles. The van der Waals surface area contributed by atoms with E-state index in [2.05, 4.69) is 223 Å². The van der Waals surface area contributed by atoms with Gasteiger partial charge in [0.05, 0.1) is 11.0 Å². The summed E-state index contributed by atoms with van der Waals surface area (Å²) in [5.74, 6) is 0.934. The third-order valence-electron chi connectivity index (χ3n) is 11.0. The normalized spacial score (nSPS) is 11.7. The highest BCUT2D eigenvalue weighted by Crippen LogP contribution is 2.39. The van der Waals surface area contributed by atoms with Crippen LogP contribution in [0.1, 0.15) is 0 Å². The Labute approximate surface area is 316 Å². The number of aromatic nitrogens is 2. The highest BCUT2D eigenvalue weighted by Gasteiger charge is 2.41. The van der Waals surface area contributed by atoms with Crippen molar-refractivity contribution in [1.82, 2.24) is 9.55 Å². The SMILES string of the molecule is c1ccc(-n2c(-c3ccc(-c4ccc([Si](c5ccccc5)(c5ccccc5)c5ccccc5)cc4)cc3)nc3c4ccccc4c4ccccc4c32)cc1. The first-order valence-corrected chi connectivity index (χ1v) is 20.6. The molecule has 0 unspecified atom stereocenters. The van der Waals surface area contributed by atoms with E-state index in [-0.39, 0.29) is 0 Å². The molecule has 0 amide bonds. The van der Waals surface area contributed by atoms with Gasteiger partial charge >= 0.3 is 0 Å². The maximum absolute atomic E-state index is 5.43. The molecule has 10 aromatic rings. The van der Waals surface area contributed by atoms with Crippen LogP contribution in [0.25, 0.3) is 60.8 Å². The minimum absolute atomic E-state index is 0.934. The van der Waals surface area contributed by atoms with E-state index < -0.39 is 8.07 Å². The molecule has 0 atom stereocenters. The number of rotatable bonds is 7. The van der Waals surface area contributed by atoms with Gasteiger partial charge in [0.2, 0.25) is 0 Å². The minimum atomic E-state index is -2.58. The lowest BCUT2D eigenvalue weighted by Crippen LogP contribution is -2.74. The summed E-state index contributed by atoms with van der Waals surface area (Å²) in [6, 6.07) is 79.6. The van der Waals surface area contributed by atoms with Crippen LogP contribution < -0.4 is 20.7 Å². The fourth-order valence-corrected chi connectivity index (χ4v) is 13.3. The summed E-state index contributed by atoms with van der Waals surface area (Å²) in [6.07, 6.45) is 0. The Kier molecular flexibility index (Phi) is 7.86. The third-order valence-corrected chi connectivity index (χ3v) is 15.8. The zero-order valence-electron chi connectivity index (χ0n) is 29.7. The molecule has 0 spiro atoms. The number of benzene rings is 9. The van der Waals surface area contributed by atoms with Gasteiger partial charge in [-0.2, -0.15) is 0 Å². The van der Waals surface area contributed by atoms with Gasteiger partial charge in [0.25, 0.3) is 0 Å². The van der Waals surface area contributed by atoms with Crippen molar-refractivity contribution in [3.8, 4) is 28.2 Å². The van der Waals surface area contributed by atoms with Gasteiger partial charge in [-0.3, -0.25) is 4.57 Å². The van der Waals surface area contributed by atoms with Crippen LogP contribution in [0.3, 0.4) is 0 Å². The van der Waals surface area contributed by atoms with Crippen molar-refractivity contribution in [3.05, 3.63) is 218 Å². The van der Waals surface area contributed by atoms with Crippen molar-refractivity contribution < 1.29 is 0 Å². The van der Waals surface area contributed by atoms with Crippen LogP contribution in [0.4, 0.5) is 0 Å². The third kappa shape index (κ3) is 5.13. The summed E-state index contributed by atoms with van der Waals surface area (Å²) in [5.41, 5.74) is 6.69. The number of hydrogen-bond donors (Lipinski definition) is 0. The molecule has 0 aliphatic rings. The molecule has 0 aliphatic carbocycles. The molecule has 254 valence electrons. The molecule has 0 radical (unpaired) electrons. The standard InChI is InChI=1S/C51H36N2Si/c1-5-17-40(18-6-1)53-50-48-28-16-14-26-46(48)45-25-13-15-27-47(45)49(50)52-51(53)39-31-29-37(30-32-39)38-33-35-44(36-34-38)54(41-19-7-2-8-20-41,42-21-9-3-10-22-42)43-23-11-4-12-24-43/h1-36H. The summed E-state index contributed by atoms with van der Waals surface area (Å²) < 4.78 is 2.34. The van der Waals surface area contributed by atoms with E-state index in [1.54, 1.807) is 0 Å². The van der Waals surface area contributed by atoms with Crippen molar-refractivity contribution in [2.45, 2.75) is 0 Å². The Hall–Kier alpha value is -6.81. The predicted molar refractivity (Wildman–Crippen MR) is 231 cm³/mol. The molecule has 0 aliphatic heterocycles. The summed E-state index contributed by atoms with van der Waals surface area (Å²) in [7, 11) is -2.58. The molecule has 0 saturated carbocycles. The maximum Gasteiger partial charge on any atom is 0.179 e. The Morgan fingerprint density at radius 2 is 0.685 bits per heavy atom. The van der Waals surface area contributed by atoms with Crippen LogP contribution in [0.15, 0.2) is 218 Å². The van der Waals surface area contributed by atoms with E-state index in [9.17, 15) is 0 Å². The Bertz CT molecular complexity index is 2790. The second kappa shape index (κ2) is 13.3. The molecule has 0 saturated heterocycles. The highest BCUT2D eigenvalue weighted by molar-refractivity contribution is 7.19. The summed E-state index contributed by atoms with van der Waals surface area (Å²) in [6.45, 7) is 0. The highest BCUT2D eigenvalue weighted by atomic mass is 28.3. The lowest BCUT2D eigenvalue weighted by Gasteiger charge is -2.34. The first-order chi connectivity index (χ1) is 26.8. The van der Waals surface area contributed by atoms with Crippen molar-refractivity contribution >= 4 is 61.4 Å². The fraction of sp³-hybridized carbons (Fsp3) is 0. The predicted octanol–water partition coefficient (Wildman–Crippen LogP) is 10.0. The van der Waals surface area contributed by atoms with Crippen LogP contribution in [0.2, 0.25) is 0 Å². The van der Waals surface area contributed by atoms with Gasteiger partial charge < -0.3 is 0 Å². The molecule has 0 bridgehead atoms. The summed E-state index contributed by atoms with van der Waals surface area (Å²) >= 11 is 0. The second-order valence-electron chi connectivity index (χ2n) is 13.9. The molecule has 2 nitrogen and oxygen atoms in total. The molecule has 0 N–H and O–H groups in total. The second-order valence-corrected chi connectivity index (χ2v) is 17.7. The van der Waals surface area contributed by atoms with Crippen molar-refractivity contribution in [2.75, 3.05) is 0 Å². The van der Waals surface area contributed by atoms with E-state index in [0.29, 0.717) is 0 Å². The molecule has 1 heterocycles. The van der Waals surface area contributed by atoms with Crippen LogP contribution in [0.5, 0.6) is 0 Å². The minimum Gasteiger partial charge on any atom is -0.292 e. The number of imidazole rings is 1. The van der Waals surface area contributed by atoms with E-state index in [1.165, 1.54) is 53.4 Å². The first kappa shape index (κ1) is 31.9. The zero-order valence-corrected chi connectivity index (χ0v) is 30.7. The Morgan fingerprint density at radius 1 is 0.315 bits per heavy atom. The molecule has 3 heteroatoms. The van der Waals surface area contributed by atoms with Gasteiger partial charge in [-0.1, -0.05) is 206 Å². The molecule has 54 heavy (non-hydrogen) atoms. The average molecular weight is 705 g/mol. The number of fused-ring (bicyclic) bond motifs is 6. The van der Waals surface area contributed by atoms with Gasteiger partial charge in [-0.25, -0.2) is 4.98 Å². The lowest BCUT2D eigenvalue weighted by atomic mass is 10.00. The number of hydrogen-bond acceptors (Lipinski definition) is 1.